The molecule has 0 saturated carbocycles. The molecule has 3 heteroatoms. The Morgan fingerprint density at radius 3 is 2.61 bits per heavy atom. The number of rotatable bonds is 6. The van der Waals surface area contributed by atoms with Crippen LogP contribution >= 0.6 is 0 Å². The molecule has 1 saturated heterocycles. The summed E-state index contributed by atoms with van der Waals surface area (Å²) in [5, 5.41) is 0. The molecule has 122 valence electrons. The Morgan fingerprint density at radius 2 is 1.87 bits per heavy atom. The highest BCUT2D eigenvalue weighted by atomic mass is 16.5. The lowest BCUT2D eigenvalue weighted by molar-refractivity contribution is 0.0650. The molecule has 1 heterocycles. The zero-order valence-electron chi connectivity index (χ0n) is 14.0. The summed E-state index contributed by atoms with van der Waals surface area (Å²) in [6.07, 6.45) is 3.45. The van der Waals surface area contributed by atoms with Crippen molar-refractivity contribution < 1.29 is 9.47 Å². The predicted molar refractivity (Wildman–Crippen MR) is 93.1 cm³/mol. The molecular weight excluding hydrogens is 286 g/mol. The first-order valence-electron chi connectivity index (χ1n) is 8.41. The first-order chi connectivity index (χ1) is 11.3. The van der Waals surface area contributed by atoms with Crippen LogP contribution in [0.4, 0.5) is 0 Å². The summed E-state index contributed by atoms with van der Waals surface area (Å²) < 4.78 is 11.6. The van der Waals surface area contributed by atoms with Crippen molar-refractivity contribution in [3.63, 3.8) is 0 Å². The van der Waals surface area contributed by atoms with E-state index in [1.807, 2.05) is 12.1 Å². The number of para-hydroxylation sites is 1. The van der Waals surface area contributed by atoms with E-state index in [4.69, 9.17) is 9.47 Å². The minimum absolute atomic E-state index is 0.236. The monoisotopic (exact) mass is 311 g/mol. The van der Waals surface area contributed by atoms with E-state index in [0.717, 1.165) is 37.4 Å². The van der Waals surface area contributed by atoms with Gasteiger partial charge in [0, 0.05) is 13.0 Å². The van der Waals surface area contributed by atoms with Gasteiger partial charge in [0.25, 0.3) is 0 Å². The van der Waals surface area contributed by atoms with Crippen LogP contribution in [0.2, 0.25) is 0 Å². The van der Waals surface area contributed by atoms with Crippen LogP contribution in [-0.2, 0) is 6.42 Å². The van der Waals surface area contributed by atoms with Crippen LogP contribution in [0.5, 0.6) is 11.5 Å². The third-order valence-electron chi connectivity index (χ3n) is 4.49. The Kier molecular flexibility index (Phi) is 5.19. The van der Waals surface area contributed by atoms with Gasteiger partial charge in [0.2, 0.25) is 0 Å². The van der Waals surface area contributed by atoms with Gasteiger partial charge in [0.15, 0.2) is 6.23 Å². The van der Waals surface area contributed by atoms with Gasteiger partial charge in [0.05, 0.1) is 7.11 Å². The standard InChI is InChI=1S/C20H25NO2/c1-3-21-14-6-9-20(21)23-18-12-10-16(11-13-18)15-17-7-4-5-8-19(17)22-2/h4-5,7-8,10-13,20H,3,6,9,14-15H2,1-2H3. The fourth-order valence-electron chi connectivity index (χ4n) is 3.20. The molecule has 0 aromatic heterocycles. The van der Waals surface area contributed by atoms with Gasteiger partial charge in [0.1, 0.15) is 11.5 Å². The lowest BCUT2D eigenvalue weighted by Crippen LogP contribution is -2.33. The molecule has 2 aromatic rings. The topological polar surface area (TPSA) is 21.7 Å². The highest BCUT2D eigenvalue weighted by Crippen LogP contribution is 2.24. The van der Waals surface area contributed by atoms with E-state index in [1.54, 1.807) is 7.11 Å². The van der Waals surface area contributed by atoms with Crippen molar-refractivity contribution in [2.45, 2.75) is 32.4 Å². The van der Waals surface area contributed by atoms with Crippen molar-refractivity contribution >= 4 is 0 Å². The van der Waals surface area contributed by atoms with Crippen molar-refractivity contribution in [2.24, 2.45) is 0 Å². The molecule has 23 heavy (non-hydrogen) atoms. The second-order valence-electron chi connectivity index (χ2n) is 5.98. The van der Waals surface area contributed by atoms with Crippen molar-refractivity contribution in [2.75, 3.05) is 20.2 Å². The van der Waals surface area contributed by atoms with Crippen LogP contribution in [0.3, 0.4) is 0 Å². The number of methoxy groups -OCH3 is 1. The van der Waals surface area contributed by atoms with Gasteiger partial charge in [-0.1, -0.05) is 37.3 Å². The molecule has 2 aromatic carbocycles. The Hall–Kier alpha value is -2.00. The first-order valence-corrected chi connectivity index (χ1v) is 8.41. The third kappa shape index (κ3) is 3.85. The summed E-state index contributed by atoms with van der Waals surface area (Å²) in [6.45, 7) is 4.39. The zero-order chi connectivity index (χ0) is 16.1. The molecule has 0 N–H and O–H groups in total. The third-order valence-corrected chi connectivity index (χ3v) is 4.49. The molecule has 3 rings (SSSR count). The Bertz CT molecular complexity index is 624. The maximum Gasteiger partial charge on any atom is 0.152 e. The van der Waals surface area contributed by atoms with Gasteiger partial charge < -0.3 is 9.47 Å². The molecule has 1 aliphatic rings. The minimum Gasteiger partial charge on any atom is -0.496 e. The quantitative estimate of drug-likeness (QED) is 0.801. The van der Waals surface area contributed by atoms with Crippen molar-refractivity contribution in [1.82, 2.24) is 4.90 Å². The second-order valence-corrected chi connectivity index (χ2v) is 5.98. The maximum atomic E-state index is 6.13. The van der Waals surface area contributed by atoms with E-state index < -0.39 is 0 Å². The molecule has 3 nitrogen and oxygen atoms in total. The fraction of sp³-hybridized carbons (Fsp3) is 0.400. The van der Waals surface area contributed by atoms with E-state index in [2.05, 4.69) is 48.2 Å². The smallest absolute Gasteiger partial charge is 0.152 e. The van der Waals surface area contributed by atoms with Crippen molar-refractivity contribution in [3.8, 4) is 11.5 Å². The number of likely N-dealkylation sites (tertiary alicyclic amines) is 1. The fourth-order valence-corrected chi connectivity index (χ4v) is 3.20. The number of ether oxygens (including phenoxy) is 2. The van der Waals surface area contributed by atoms with E-state index in [-0.39, 0.29) is 6.23 Å². The van der Waals surface area contributed by atoms with Crippen LogP contribution in [0.25, 0.3) is 0 Å². The summed E-state index contributed by atoms with van der Waals surface area (Å²) in [7, 11) is 1.72. The van der Waals surface area contributed by atoms with Gasteiger partial charge in [-0.15, -0.1) is 0 Å². The number of benzene rings is 2. The molecular formula is C20H25NO2. The largest absolute Gasteiger partial charge is 0.496 e. The zero-order valence-corrected chi connectivity index (χ0v) is 14.0. The normalized spacial score (nSPS) is 18.1. The number of nitrogens with zero attached hydrogens (tertiary/aromatic N) is 1. The van der Waals surface area contributed by atoms with Crippen LogP contribution < -0.4 is 9.47 Å². The summed E-state index contributed by atoms with van der Waals surface area (Å²) >= 11 is 0. The van der Waals surface area contributed by atoms with Crippen LogP contribution in [-0.4, -0.2) is 31.3 Å². The van der Waals surface area contributed by atoms with E-state index in [1.165, 1.54) is 17.5 Å². The van der Waals surface area contributed by atoms with E-state index >= 15 is 0 Å². The first kappa shape index (κ1) is 15.9. The average Bonchev–Trinajstić information content (AvgIpc) is 3.04. The molecule has 0 radical (unpaired) electrons. The number of hydrogen-bond donors (Lipinski definition) is 0. The van der Waals surface area contributed by atoms with Crippen LogP contribution in [0.1, 0.15) is 30.9 Å². The SMILES string of the molecule is CCN1CCCC1Oc1ccc(Cc2ccccc2OC)cc1. The van der Waals surface area contributed by atoms with Crippen molar-refractivity contribution in [1.29, 1.82) is 0 Å². The maximum absolute atomic E-state index is 6.13. The van der Waals surface area contributed by atoms with Crippen LogP contribution in [0.15, 0.2) is 48.5 Å². The molecule has 1 aliphatic heterocycles. The highest BCUT2D eigenvalue weighted by Gasteiger charge is 2.24. The Balaban J connectivity index is 1.65. The van der Waals surface area contributed by atoms with Gasteiger partial charge in [-0.2, -0.15) is 0 Å². The molecule has 0 amide bonds. The molecule has 0 aliphatic carbocycles. The molecule has 1 unspecified atom stereocenters. The predicted octanol–water partition coefficient (Wildman–Crippen LogP) is 4.11. The second kappa shape index (κ2) is 7.51. The molecule has 0 spiro atoms. The summed E-state index contributed by atoms with van der Waals surface area (Å²) in [5.74, 6) is 1.90. The lowest BCUT2D eigenvalue weighted by atomic mass is 10.0. The van der Waals surface area contributed by atoms with Gasteiger partial charge in [-0.3, -0.25) is 4.90 Å². The van der Waals surface area contributed by atoms with E-state index in [9.17, 15) is 0 Å². The molecule has 1 atom stereocenters. The summed E-state index contributed by atoms with van der Waals surface area (Å²) in [6, 6.07) is 16.6. The van der Waals surface area contributed by atoms with E-state index in [0.29, 0.717) is 0 Å². The summed E-state index contributed by atoms with van der Waals surface area (Å²) in [5.41, 5.74) is 2.47. The van der Waals surface area contributed by atoms with Crippen molar-refractivity contribution in [3.05, 3.63) is 59.7 Å². The Morgan fingerprint density at radius 1 is 1.09 bits per heavy atom. The molecule has 1 fully saturated rings. The van der Waals surface area contributed by atoms with Crippen LogP contribution in [0, 0.1) is 0 Å². The van der Waals surface area contributed by atoms with Gasteiger partial charge >= 0.3 is 0 Å². The lowest BCUT2D eigenvalue weighted by Gasteiger charge is -2.23. The minimum atomic E-state index is 0.236. The molecule has 0 bridgehead atoms. The summed E-state index contributed by atoms with van der Waals surface area (Å²) in [4.78, 5) is 2.39. The highest BCUT2D eigenvalue weighted by molar-refractivity contribution is 5.38. The number of hydrogen-bond acceptors (Lipinski definition) is 3. The van der Waals surface area contributed by atoms with Gasteiger partial charge in [-0.05, 0) is 48.7 Å². The van der Waals surface area contributed by atoms with Gasteiger partial charge in [-0.25, -0.2) is 0 Å². The Labute approximate surface area is 138 Å². The average molecular weight is 311 g/mol.